The Bertz CT molecular complexity index is 283. The van der Waals surface area contributed by atoms with Gasteiger partial charge in [-0.1, -0.05) is 0 Å². The topological polar surface area (TPSA) is 51.8 Å². The maximum atomic E-state index is 13.0. The Morgan fingerprint density at radius 1 is 1.45 bits per heavy atom. The van der Waals surface area contributed by atoms with E-state index < -0.39 is 5.82 Å². The number of hydrogen-bond donors (Lipinski definition) is 1. The van der Waals surface area contributed by atoms with Crippen LogP contribution in [0.25, 0.3) is 0 Å². The summed E-state index contributed by atoms with van der Waals surface area (Å²) in [6, 6.07) is 0. The lowest BCUT2D eigenvalue weighted by molar-refractivity contribution is 0.597. The molecule has 0 radical (unpaired) electrons. The van der Waals surface area contributed by atoms with E-state index in [1.807, 2.05) is 0 Å². The molecule has 4 heteroatoms. The second kappa shape index (κ2) is 2.15. The van der Waals surface area contributed by atoms with E-state index in [-0.39, 0.29) is 5.82 Å². The van der Waals surface area contributed by atoms with Crippen LogP contribution < -0.4 is 5.73 Å². The summed E-state index contributed by atoms with van der Waals surface area (Å²) >= 11 is 0. The average molecular weight is 153 g/mol. The van der Waals surface area contributed by atoms with Crippen molar-refractivity contribution < 1.29 is 4.39 Å². The van der Waals surface area contributed by atoms with Gasteiger partial charge in [-0.15, -0.1) is 0 Å². The van der Waals surface area contributed by atoms with Gasteiger partial charge in [-0.2, -0.15) is 0 Å². The number of anilines is 1. The maximum absolute atomic E-state index is 13.0. The minimum absolute atomic E-state index is 0.0399. The zero-order chi connectivity index (χ0) is 7.84. The highest BCUT2D eigenvalue weighted by atomic mass is 19.1. The third kappa shape index (κ3) is 1.04. The fourth-order valence-electron chi connectivity index (χ4n) is 1.04. The summed E-state index contributed by atoms with van der Waals surface area (Å²) in [5.41, 5.74) is 5.74. The lowest BCUT2D eigenvalue weighted by Gasteiger charge is -1.99. The molecule has 0 spiro atoms. The van der Waals surface area contributed by atoms with Crippen molar-refractivity contribution in [3.8, 4) is 0 Å². The minimum Gasteiger partial charge on any atom is -0.381 e. The van der Waals surface area contributed by atoms with Gasteiger partial charge >= 0.3 is 0 Å². The van der Waals surface area contributed by atoms with Gasteiger partial charge in [-0.3, -0.25) is 0 Å². The Morgan fingerprint density at radius 3 is 2.82 bits per heavy atom. The molecule has 0 bridgehead atoms. The largest absolute Gasteiger partial charge is 0.381 e. The van der Waals surface area contributed by atoms with Gasteiger partial charge < -0.3 is 5.73 Å². The second-order valence-electron chi connectivity index (χ2n) is 2.73. The van der Waals surface area contributed by atoms with Crippen molar-refractivity contribution in [1.82, 2.24) is 9.97 Å². The van der Waals surface area contributed by atoms with Crippen LogP contribution in [0.3, 0.4) is 0 Å². The third-order valence-electron chi connectivity index (χ3n) is 1.81. The normalized spacial score (nSPS) is 16.8. The van der Waals surface area contributed by atoms with Gasteiger partial charge in [-0.25, -0.2) is 14.4 Å². The molecule has 0 unspecified atom stereocenters. The maximum Gasteiger partial charge on any atom is 0.186 e. The Kier molecular flexibility index (Phi) is 1.27. The second-order valence-corrected chi connectivity index (χ2v) is 2.73. The van der Waals surface area contributed by atoms with Gasteiger partial charge in [0.25, 0.3) is 0 Å². The molecule has 3 nitrogen and oxygen atoms in total. The van der Waals surface area contributed by atoms with Crippen LogP contribution in [0.5, 0.6) is 0 Å². The van der Waals surface area contributed by atoms with Crippen LogP contribution in [-0.4, -0.2) is 9.97 Å². The van der Waals surface area contributed by atoms with E-state index in [0.29, 0.717) is 11.6 Å². The zero-order valence-electron chi connectivity index (χ0n) is 5.92. The van der Waals surface area contributed by atoms with Gasteiger partial charge in [0.15, 0.2) is 11.6 Å². The molecule has 1 saturated carbocycles. The molecule has 0 amide bonds. The van der Waals surface area contributed by atoms with Gasteiger partial charge in [0.1, 0.15) is 6.33 Å². The molecular formula is C7H8FN3. The summed E-state index contributed by atoms with van der Waals surface area (Å²) in [4.78, 5) is 7.38. The Morgan fingerprint density at radius 2 is 2.18 bits per heavy atom. The number of aromatic nitrogens is 2. The molecule has 0 aliphatic heterocycles. The fraction of sp³-hybridized carbons (Fsp3) is 0.429. The monoisotopic (exact) mass is 153 g/mol. The third-order valence-corrected chi connectivity index (χ3v) is 1.81. The standard InChI is InChI=1S/C7H8FN3/c8-5-6(4-1-2-4)10-3-11-7(5)9/h3-4H,1-2H2,(H2,9,10,11). The highest BCUT2D eigenvalue weighted by Crippen LogP contribution is 2.40. The van der Waals surface area contributed by atoms with E-state index in [2.05, 4.69) is 9.97 Å². The summed E-state index contributed by atoms with van der Waals surface area (Å²) in [6.07, 6.45) is 3.35. The first-order chi connectivity index (χ1) is 5.29. The van der Waals surface area contributed by atoms with Gasteiger partial charge in [0, 0.05) is 5.92 Å². The predicted molar refractivity (Wildman–Crippen MR) is 38.4 cm³/mol. The molecule has 0 saturated heterocycles. The van der Waals surface area contributed by atoms with E-state index in [9.17, 15) is 4.39 Å². The first kappa shape index (κ1) is 6.52. The molecule has 2 N–H and O–H groups in total. The van der Waals surface area contributed by atoms with Crippen molar-refractivity contribution in [2.45, 2.75) is 18.8 Å². The number of nitrogen functional groups attached to an aromatic ring is 1. The van der Waals surface area contributed by atoms with Crippen molar-refractivity contribution in [2.75, 3.05) is 5.73 Å². The Balaban J connectivity index is 2.45. The SMILES string of the molecule is Nc1ncnc(C2CC2)c1F. The number of nitrogens with zero attached hydrogens (tertiary/aromatic N) is 2. The Hall–Kier alpha value is -1.19. The van der Waals surface area contributed by atoms with Crippen LogP contribution in [0.1, 0.15) is 24.5 Å². The predicted octanol–water partition coefficient (Wildman–Crippen LogP) is 1.08. The molecule has 1 aliphatic carbocycles. The van der Waals surface area contributed by atoms with Crippen LogP contribution in [0.2, 0.25) is 0 Å². The molecule has 2 rings (SSSR count). The molecule has 1 aromatic heterocycles. The lowest BCUT2D eigenvalue weighted by atomic mass is 10.2. The molecule has 1 aliphatic rings. The molecule has 0 atom stereocenters. The highest BCUT2D eigenvalue weighted by molar-refractivity contribution is 5.33. The van der Waals surface area contributed by atoms with Crippen LogP contribution in [-0.2, 0) is 0 Å². The van der Waals surface area contributed by atoms with Crippen molar-refractivity contribution in [1.29, 1.82) is 0 Å². The molecule has 1 aromatic rings. The summed E-state index contributed by atoms with van der Waals surface area (Å²) in [6.45, 7) is 0. The molecular weight excluding hydrogens is 145 g/mol. The molecule has 1 fully saturated rings. The highest BCUT2D eigenvalue weighted by Gasteiger charge is 2.28. The summed E-state index contributed by atoms with van der Waals surface area (Å²) in [5.74, 6) is -0.183. The number of nitrogens with two attached hydrogens (primary N) is 1. The van der Waals surface area contributed by atoms with Gasteiger partial charge in [0.2, 0.25) is 0 Å². The van der Waals surface area contributed by atoms with Crippen molar-refractivity contribution >= 4 is 5.82 Å². The van der Waals surface area contributed by atoms with E-state index in [4.69, 9.17) is 5.73 Å². The molecule has 0 aromatic carbocycles. The summed E-state index contributed by atoms with van der Waals surface area (Å²) in [5, 5.41) is 0. The summed E-state index contributed by atoms with van der Waals surface area (Å²) in [7, 11) is 0. The van der Waals surface area contributed by atoms with Crippen LogP contribution in [0.15, 0.2) is 6.33 Å². The number of halogens is 1. The van der Waals surface area contributed by atoms with Crippen LogP contribution in [0.4, 0.5) is 10.2 Å². The van der Waals surface area contributed by atoms with Crippen molar-refractivity contribution in [3.63, 3.8) is 0 Å². The molecule has 58 valence electrons. The fourth-order valence-corrected chi connectivity index (χ4v) is 1.04. The lowest BCUT2D eigenvalue weighted by Crippen LogP contribution is -2.01. The first-order valence-corrected chi connectivity index (χ1v) is 3.55. The first-order valence-electron chi connectivity index (χ1n) is 3.55. The van der Waals surface area contributed by atoms with Gasteiger partial charge in [-0.05, 0) is 12.8 Å². The van der Waals surface area contributed by atoms with E-state index >= 15 is 0 Å². The van der Waals surface area contributed by atoms with E-state index in [0.717, 1.165) is 12.8 Å². The van der Waals surface area contributed by atoms with E-state index in [1.54, 1.807) is 0 Å². The smallest absolute Gasteiger partial charge is 0.186 e. The zero-order valence-corrected chi connectivity index (χ0v) is 5.92. The molecule has 1 heterocycles. The average Bonchev–Trinajstić information content (AvgIpc) is 2.77. The molecule has 11 heavy (non-hydrogen) atoms. The quantitative estimate of drug-likeness (QED) is 0.656. The van der Waals surface area contributed by atoms with Crippen molar-refractivity contribution in [3.05, 3.63) is 17.8 Å². The van der Waals surface area contributed by atoms with Crippen LogP contribution in [0, 0.1) is 5.82 Å². The minimum atomic E-state index is -0.435. The van der Waals surface area contributed by atoms with Gasteiger partial charge in [0.05, 0.1) is 5.69 Å². The summed E-state index contributed by atoms with van der Waals surface area (Å²) < 4.78 is 13.0. The Labute approximate surface area is 63.5 Å². The van der Waals surface area contributed by atoms with E-state index in [1.165, 1.54) is 6.33 Å². The van der Waals surface area contributed by atoms with Crippen molar-refractivity contribution in [2.24, 2.45) is 0 Å². The van der Waals surface area contributed by atoms with Crippen LogP contribution >= 0.6 is 0 Å². The number of hydrogen-bond acceptors (Lipinski definition) is 3. The number of rotatable bonds is 1.